The standard InChI is InChI=1S/C14H19NO.ClH/c1-2-12-9-15-8-11-7-6-10-4-3-5-13(10)14(11)16-12;/h6-7,12,15H,2-5,8-9H2,1H3;1H/t12-;/m1./s1. The van der Waals surface area contributed by atoms with Gasteiger partial charge in [-0.15, -0.1) is 12.4 Å². The van der Waals surface area contributed by atoms with Crippen molar-refractivity contribution in [2.24, 2.45) is 0 Å². The minimum Gasteiger partial charge on any atom is -0.488 e. The summed E-state index contributed by atoms with van der Waals surface area (Å²) in [5.74, 6) is 1.20. The van der Waals surface area contributed by atoms with E-state index in [0.29, 0.717) is 6.10 Å². The molecule has 0 bridgehead atoms. The molecule has 2 aliphatic rings. The van der Waals surface area contributed by atoms with E-state index in [0.717, 1.165) is 19.5 Å². The van der Waals surface area contributed by atoms with Crippen molar-refractivity contribution in [3.05, 3.63) is 28.8 Å². The zero-order valence-electron chi connectivity index (χ0n) is 10.3. The Balaban J connectivity index is 0.00000108. The summed E-state index contributed by atoms with van der Waals surface area (Å²) in [4.78, 5) is 0. The first-order valence-corrected chi connectivity index (χ1v) is 6.39. The zero-order valence-corrected chi connectivity index (χ0v) is 11.1. The van der Waals surface area contributed by atoms with Crippen LogP contribution in [-0.2, 0) is 19.4 Å². The lowest BCUT2D eigenvalue weighted by molar-refractivity contribution is 0.200. The fourth-order valence-electron chi connectivity index (χ4n) is 2.77. The first-order valence-electron chi connectivity index (χ1n) is 6.39. The van der Waals surface area contributed by atoms with Crippen LogP contribution < -0.4 is 10.1 Å². The van der Waals surface area contributed by atoms with E-state index in [4.69, 9.17) is 4.74 Å². The Labute approximate surface area is 109 Å². The molecule has 1 heterocycles. The molecule has 3 rings (SSSR count). The van der Waals surface area contributed by atoms with Crippen LogP contribution in [0, 0.1) is 0 Å². The molecule has 1 aromatic carbocycles. The van der Waals surface area contributed by atoms with Crippen LogP contribution in [0.3, 0.4) is 0 Å². The van der Waals surface area contributed by atoms with E-state index >= 15 is 0 Å². The molecule has 1 aromatic rings. The number of fused-ring (bicyclic) bond motifs is 3. The third kappa shape index (κ3) is 2.29. The van der Waals surface area contributed by atoms with Gasteiger partial charge in [0.1, 0.15) is 11.9 Å². The molecule has 3 heteroatoms. The van der Waals surface area contributed by atoms with E-state index in [1.807, 2.05) is 0 Å². The lowest BCUT2D eigenvalue weighted by atomic mass is 10.0. The first kappa shape index (κ1) is 12.7. The molecule has 0 saturated heterocycles. The molecule has 2 nitrogen and oxygen atoms in total. The van der Waals surface area contributed by atoms with E-state index in [9.17, 15) is 0 Å². The molecule has 0 radical (unpaired) electrons. The van der Waals surface area contributed by atoms with E-state index in [1.54, 1.807) is 0 Å². The highest BCUT2D eigenvalue weighted by Gasteiger charge is 2.23. The maximum absolute atomic E-state index is 6.19. The van der Waals surface area contributed by atoms with Crippen molar-refractivity contribution in [1.82, 2.24) is 5.32 Å². The van der Waals surface area contributed by atoms with Crippen molar-refractivity contribution in [1.29, 1.82) is 0 Å². The molecule has 0 saturated carbocycles. The summed E-state index contributed by atoms with van der Waals surface area (Å²) in [5, 5.41) is 3.47. The summed E-state index contributed by atoms with van der Waals surface area (Å²) in [6, 6.07) is 4.53. The van der Waals surface area contributed by atoms with Crippen LogP contribution in [0.1, 0.15) is 36.5 Å². The van der Waals surface area contributed by atoms with Gasteiger partial charge in [-0.25, -0.2) is 0 Å². The Morgan fingerprint density at radius 1 is 1.29 bits per heavy atom. The fourth-order valence-corrected chi connectivity index (χ4v) is 2.77. The minimum atomic E-state index is 0. The maximum atomic E-state index is 6.19. The summed E-state index contributed by atoms with van der Waals surface area (Å²) >= 11 is 0. The van der Waals surface area contributed by atoms with Gasteiger partial charge in [0.15, 0.2) is 0 Å². The van der Waals surface area contributed by atoms with Crippen molar-refractivity contribution in [2.45, 2.75) is 45.3 Å². The normalized spacial score (nSPS) is 21.8. The van der Waals surface area contributed by atoms with Gasteiger partial charge in [0.25, 0.3) is 0 Å². The van der Waals surface area contributed by atoms with Gasteiger partial charge >= 0.3 is 0 Å². The molecule has 1 N–H and O–H groups in total. The lowest BCUT2D eigenvalue weighted by Crippen LogP contribution is -2.27. The van der Waals surface area contributed by atoms with Gasteiger partial charge in [-0.1, -0.05) is 19.1 Å². The number of nitrogens with one attached hydrogen (secondary N) is 1. The van der Waals surface area contributed by atoms with Gasteiger partial charge < -0.3 is 10.1 Å². The minimum absolute atomic E-state index is 0. The Morgan fingerprint density at radius 3 is 2.94 bits per heavy atom. The average molecular weight is 254 g/mol. The molecule has 0 amide bonds. The second-order valence-corrected chi connectivity index (χ2v) is 4.82. The number of halogens is 1. The van der Waals surface area contributed by atoms with Crippen LogP contribution in [0.15, 0.2) is 12.1 Å². The predicted molar refractivity (Wildman–Crippen MR) is 72.1 cm³/mol. The van der Waals surface area contributed by atoms with Gasteiger partial charge in [0.2, 0.25) is 0 Å². The highest BCUT2D eigenvalue weighted by Crippen LogP contribution is 2.35. The second-order valence-electron chi connectivity index (χ2n) is 4.82. The fraction of sp³-hybridized carbons (Fsp3) is 0.571. The molecule has 1 atom stereocenters. The summed E-state index contributed by atoms with van der Waals surface area (Å²) in [6.45, 7) is 4.12. The summed E-state index contributed by atoms with van der Waals surface area (Å²) < 4.78 is 6.19. The summed E-state index contributed by atoms with van der Waals surface area (Å²) in [7, 11) is 0. The van der Waals surface area contributed by atoms with Crippen LogP contribution in [0.5, 0.6) is 5.75 Å². The van der Waals surface area contributed by atoms with Gasteiger partial charge in [-0.05, 0) is 36.8 Å². The highest BCUT2D eigenvalue weighted by molar-refractivity contribution is 5.85. The molecule has 0 aromatic heterocycles. The van der Waals surface area contributed by atoms with Crippen LogP contribution >= 0.6 is 12.4 Å². The van der Waals surface area contributed by atoms with Crippen molar-refractivity contribution in [2.75, 3.05) is 6.54 Å². The SMILES string of the molecule is CC[C@@H]1CNCc2ccc3c(c2O1)CCC3.Cl. The van der Waals surface area contributed by atoms with E-state index in [2.05, 4.69) is 24.4 Å². The van der Waals surface area contributed by atoms with Crippen molar-refractivity contribution < 1.29 is 4.74 Å². The molecule has 17 heavy (non-hydrogen) atoms. The van der Waals surface area contributed by atoms with Crippen LogP contribution in [0.25, 0.3) is 0 Å². The van der Waals surface area contributed by atoms with Gasteiger partial charge in [0.05, 0.1) is 0 Å². The Kier molecular flexibility index (Phi) is 3.95. The summed E-state index contributed by atoms with van der Waals surface area (Å²) in [5.41, 5.74) is 4.34. The topological polar surface area (TPSA) is 21.3 Å². The number of hydrogen-bond donors (Lipinski definition) is 1. The highest BCUT2D eigenvalue weighted by atomic mass is 35.5. The Morgan fingerprint density at radius 2 is 2.12 bits per heavy atom. The van der Waals surface area contributed by atoms with Gasteiger partial charge in [-0.2, -0.15) is 0 Å². The summed E-state index contributed by atoms with van der Waals surface area (Å²) in [6.07, 6.45) is 5.15. The first-order chi connectivity index (χ1) is 7.88. The van der Waals surface area contributed by atoms with Gasteiger partial charge in [-0.3, -0.25) is 0 Å². The van der Waals surface area contributed by atoms with Crippen molar-refractivity contribution in [3.8, 4) is 5.75 Å². The smallest absolute Gasteiger partial charge is 0.127 e. The lowest BCUT2D eigenvalue weighted by Gasteiger charge is -2.17. The van der Waals surface area contributed by atoms with E-state index in [-0.39, 0.29) is 12.4 Å². The molecular weight excluding hydrogens is 234 g/mol. The quantitative estimate of drug-likeness (QED) is 0.831. The van der Waals surface area contributed by atoms with E-state index in [1.165, 1.54) is 41.7 Å². The largest absolute Gasteiger partial charge is 0.488 e. The number of aryl methyl sites for hydroxylation is 1. The number of hydrogen-bond acceptors (Lipinski definition) is 2. The molecule has 1 aliphatic heterocycles. The van der Waals surface area contributed by atoms with Gasteiger partial charge in [0, 0.05) is 18.7 Å². The molecule has 0 fully saturated rings. The number of rotatable bonds is 1. The Bertz CT molecular complexity index is 405. The predicted octanol–water partition coefficient (Wildman–Crippen LogP) is 2.86. The zero-order chi connectivity index (χ0) is 11.0. The second kappa shape index (κ2) is 5.28. The maximum Gasteiger partial charge on any atom is 0.127 e. The third-order valence-corrected chi connectivity index (χ3v) is 3.74. The molecule has 0 spiro atoms. The monoisotopic (exact) mass is 253 g/mol. The van der Waals surface area contributed by atoms with Crippen molar-refractivity contribution >= 4 is 12.4 Å². The molecule has 94 valence electrons. The molecular formula is C14H20ClNO. The van der Waals surface area contributed by atoms with Crippen LogP contribution in [-0.4, -0.2) is 12.6 Å². The molecule has 1 aliphatic carbocycles. The van der Waals surface area contributed by atoms with Crippen LogP contribution in [0.2, 0.25) is 0 Å². The number of ether oxygens (including phenoxy) is 1. The average Bonchev–Trinajstić information content (AvgIpc) is 2.68. The molecule has 0 unspecified atom stereocenters. The van der Waals surface area contributed by atoms with E-state index < -0.39 is 0 Å². The Hall–Kier alpha value is -0.730. The van der Waals surface area contributed by atoms with Crippen LogP contribution in [0.4, 0.5) is 0 Å². The number of benzene rings is 1. The van der Waals surface area contributed by atoms with Crippen molar-refractivity contribution in [3.63, 3.8) is 0 Å². The third-order valence-electron chi connectivity index (χ3n) is 3.74.